The van der Waals surface area contributed by atoms with Crippen LogP contribution in [-0.4, -0.2) is 56.2 Å². The number of hydrogen-bond acceptors (Lipinski definition) is 5. The molecule has 7 heteroatoms. The molecule has 0 unspecified atom stereocenters. The number of aliphatic hydroxyl groups is 1. The van der Waals surface area contributed by atoms with Crippen molar-refractivity contribution in [3.8, 4) is 0 Å². The van der Waals surface area contributed by atoms with E-state index in [0.29, 0.717) is 30.6 Å². The maximum Gasteiger partial charge on any atom is 0.314 e. The molecule has 1 aromatic rings. The van der Waals surface area contributed by atoms with Gasteiger partial charge in [0, 0.05) is 19.3 Å². The minimum atomic E-state index is -1.30. The van der Waals surface area contributed by atoms with Gasteiger partial charge in [-0.15, -0.1) is 0 Å². The lowest BCUT2D eigenvalue weighted by Crippen LogP contribution is -2.57. The zero-order valence-corrected chi connectivity index (χ0v) is 12.8. The van der Waals surface area contributed by atoms with E-state index in [1.165, 1.54) is 17.4 Å². The number of rotatable bonds is 4. The van der Waals surface area contributed by atoms with E-state index in [-0.39, 0.29) is 18.9 Å². The van der Waals surface area contributed by atoms with Gasteiger partial charge in [0.1, 0.15) is 11.7 Å². The second kappa shape index (κ2) is 6.39. The summed E-state index contributed by atoms with van der Waals surface area (Å²) >= 11 is 0. The number of nitrogens with zero attached hydrogens (tertiary/aromatic N) is 3. The highest BCUT2D eigenvalue weighted by Gasteiger charge is 2.49. The number of aliphatic hydroxyl groups excluding tert-OH is 1. The fourth-order valence-electron chi connectivity index (χ4n) is 3.03. The van der Waals surface area contributed by atoms with Crippen molar-refractivity contribution < 1.29 is 19.8 Å². The Labute approximate surface area is 129 Å². The molecule has 2 atom stereocenters. The van der Waals surface area contributed by atoms with Gasteiger partial charge in [0.05, 0.1) is 17.4 Å². The van der Waals surface area contributed by atoms with Crippen LogP contribution in [0.2, 0.25) is 0 Å². The monoisotopic (exact) mass is 307 g/mol. The van der Waals surface area contributed by atoms with Crippen molar-refractivity contribution in [1.29, 1.82) is 0 Å². The van der Waals surface area contributed by atoms with Crippen LogP contribution in [0.3, 0.4) is 0 Å². The van der Waals surface area contributed by atoms with Crippen molar-refractivity contribution in [3.63, 3.8) is 0 Å². The zero-order valence-electron chi connectivity index (χ0n) is 12.8. The Morgan fingerprint density at radius 3 is 2.82 bits per heavy atom. The summed E-state index contributed by atoms with van der Waals surface area (Å²) in [4.78, 5) is 33.7. The van der Waals surface area contributed by atoms with Crippen LogP contribution in [-0.2, 0) is 4.79 Å². The molecule has 2 rings (SSSR count). The van der Waals surface area contributed by atoms with Gasteiger partial charge in [-0.25, -0.2) is 9.97 Å². The molecule has 0 bridgehead atoms. The second-order valence-electron chi connectivity index (χ2n) is 5.76. The van der Waals surface area contributed by atoms with Crippen LogP contribution in [0.15, 0.2) is 12.5 Å². The topological polar surface area (TPSA) is 104 Å². The van der Waals surface area contributed by atoms with Crippen LogP contribution in [0.5, 0.6) is 0 Å². The van der Waals surface area contributed by atoms with Crippen LogP contribution in [0.4, 0.5) is 0 Å². The van der Waals surface area contributed by atoms with Gasteiger partial charge in [-0.05, 0) is 19.8 Å². The molecule has 2 heterocycles. The number of aliphatic carboxylic acids is 1. The number of carboxylic acids is 1. The van der Waals surface area contributed by atoms with Crippen LogP contribution in [0.1, 0.15) is 42.2 Å². The SMILES string of the molecule is CCC[C@@]1(C(=O)O)CN(C(=O)c2cncnc2C)CC[C@@H]1O. The Balaban J connectivity index is 2.28. The van der Waals surface area contributed by atoms with Crippen molar-refractivity contribution in [3.05, 3.63) is 23.8 Å². The molecule has 22 heavy (non-hydrogen) atoms. The molecule has 120 valence electrons. The highest BCUT2D eigenvalue weighted by molar-refractivity contribution is 5.95. The van der Waals surface area contributed by atoms with E-state index < -0.39 is 17.5 Å². The number of carbonyl (C=O) groups excluding carboxylic acids is 1. The highest BCUT2D eigenvalue weighted by atomic mass is 16.4. The van der Waals surface area contributed by atoms with E-state index in [9.17, 15) is 19.8 Å². The number of aryl methyl sites for hydroxylation is 1. The molecule has 0 spiro atoms. The quantitative estimate of drug-likeness (QED) is 0.855. The number of likely N-dealkylation sites (tertiary alicyclic amines) is 1. The molecule has 1 aliphatic heterocycles. The number of piperidine rings is 1. The van der Waals surface area contributed by atoms with Crippen molar-refractivity contribution in [2.24, 2.45) is 5.41 Å². The number of amides is 1. The second-order valence-corrected chi connectivity index (χ2v) is 5.76. The Hall–Kier alpha value is -2.02. The molecule has 0 saturated carbocycles. The molecule has 2 N–H and O–H groups in total. The third-order valence-corrected chi connectivity index (χ3v) is 4.33. The molecule has 0 radical (unpaired) electrons. The molecule has 0 aliphatic carbocycles. The van der Waals surface area contributed by atoms with E-state index in [4.69, 9.17) is 0 Å². The minimum Gasteiger partial charge on any atom is -0.481 e. The summed E-state index contributed by atoms with van der Waals surface area (Å²) in [6.45, 7) is 3.91. The first-order valence-corrected chi connectivity index (χ1v) is 7.39. The molecule has 1 aliphatic rings. The Kier molecular flexibility index (Phi) is 4.75. The fraction of sp³-hybridized carbons (Fsp3) is 0.600. The number of carbonyl (C=O) groups is 2. The van der Waals surface area contributed by atoms with E-state index >= 15 is 0 Å². The van der Waals surface area contributed by atoms with Gasteiger partial charge in [-0.2, -0.15) is 0 Å². The highest BCUT2D eigenvalue weighted by Crippen LogP contribution is 2.36. The molecule has 1 fully saturated rings. The molecule has 0 aromatic carbocycles. The van der Waals surface area contributed by atoms with E-state index in [0.717, 1.165) is 0 Å². The van der Waals surface area contributed by atoms with Gasteiger partial charge in [-0.3, -0.25) is 9.59 Å². The number of aromatic nitrogens is 2. The van der Waals surface area contributed by atoms with Gasteiger partial charge in [-0.1, -0.05) is 13.3 Å². The maximum atomic E-state index is 12.6. The summed E-state index contributed by atoms with van der Waals surface area (Å²) in [6, 6.07) is 0. The zero-order chi connectivity index (χ0) is 16.3. The van der Waals surface area contributed by atoms with Crippen molar-refractivity contribution in [2.45, 2.75) is 39.2 Å². The lowest BCUT2D eigenvalue weighted by Gasteiger charge is -2.43. The Morgan fingerprint density at radius 2 is 2.23 bits per heavy atom. The Morgan fingerprint density at radius 1 is 1.50 bits per heavy atom. The lowest BCUT2D eigenvalue weighted by atomic mass is 9.74. The summed E-state index contributed by atoms with van der Waals surface area (Å²) in [5.74, 6) is -1.34. The third-order valence-electron chi connectivity index (χ3n) is 4.33. The first-order chi connectivity index (χ1) is 10.4. The van der Waals surface area contributed by atoms with Gasteiger partial charge in [0.25, 0.3) is 5.91 Å². The summed E-state index contributed by atoms with van der Waals surface area (Å²) < 4.78 is 0. The van der Waals surface area contributed by atoms with Crippen LogP contribution in [0.25, 0.3) is 0 Å². The summed E-state index contributed by atoms with van der Waals surface area (Å²) in [5.41, 5.74) is -0.371. The number of carboxylic acid groups (broad SMARTS) is 1. The van der Waals surface area contributed by atoms with E-state index in [1.807, 2.05) is 6.92 Å². The average Bonchev–Trinajstić information content (AvgIpc) is 2.49. The molecule has 7 nitrogen and oxygen atoms in total. The van der Waals surface area contributed by atoms with E-state index in [2.05, 4.69) is 9.97 Å². The van der Waals surface area contributed by atoms with Gasteiger partial charge < -0.3 is 15.1 Å². The maximum absolute atomic E-state index is 12.6. The predicted molar refractivity (Wildman–Crippen MR) is 78.3 cm³/mol. The molecular formula is C15H21N3O4. The third kappa shape index (κ3) is 2.81. The van der Waals surface area contributed by atoms with Crippen LogP contribution >= 0.6 is 0 Å². The minimum absolute atomic E-state index is 0.00447. The van der Waals surface area contributed by atoms with Gasteiger partial charge >= 0.3 is 5.97 Å². The first-order valence-electron chi connectivity index (χ1n) is 7.39. The van der Waals surface area contributed by atoms with E-state index in [1.54, 1.807) is 6.92 Å². The van der Waals surface area contributed by atoms with Gasteiger partial charge in [0.15, 0.2) is 0 Å². The molecule has 1 saturated heterocycles. The summed E-state index contributed by atoms with van der Waals surface area (Å²) in [7, 11) is 0. The largest absolute Gasteiger partial charge is 0.481 e. The predicted octanol–water partition coefficient (Wildman–Crippen LogP) is 0.863. The fourth-order valence-corrected chi connectivity index (χ4v) is 3.03. The average molecular weight is 307 g/mol. The van der Waals surface area contributed by atoms with Gasteiger partial charge in [0.2, 0.25) is 0 Å². The number of hydrogen-bond donors (Lipinski definition) is 2. The first kappa shape index (κ1) is 16.4. The molecular weight excluding hydrogens is 286 g/mol. The smallest absolute Gasteiger partial charge is 0.314 e. The van der Waals surface area contributed by atoms with Crippen molar-refractivity contribution in [1.82, 2.24) is 14.9 Å². The normalized spacial score (nSPS) is 25.0. The molecule has 1 amide bonds. The Bertz CT molecular complexity index is 578. The summed E-state index contributed by atoms with van der Waals surface area (Å²) in [6.07, 6.45) is 3.08. The standard InChI is InChI=1S/C15H21N3O4/c1-3-5-15(14(21)22)8-18(6-4-12(15)19)13(20)11-7-16-9-17-10(11)2/h7,9,12,19H,3-6,8H2,1-2H3,(H,21,22)/t12-,15+/m0/s1. The summed E-state index contributed by atoms with van der Waals surface area (Å²) in [5, 5.41) is 19.8. The van der Waals surface area contributed by atoms with Crippen molar-refractivity contribution >= 4 is 11.9 Å². The molecule has 1 aromatic heterocycles. The lowest BCUT2D eigenvalue weighted by molar-refractivity contribution is -0.162. The van der Waals surface area contributed by atoms with Crippen LogP contribution < -0.4 is 0 Å². The van der Waals surface area contributed by atoms with Crippen LogP contribution in [0, 0.1) is 12.3 Å². The van der Waals surface area contributed by atoms with Crippen molar-refractivity contribution in [2.75, 3.05) is 13.1 Å².